The van der Waals surface area contributed by atoms with Crippen LogP contribution in [-0.4, -0.2) is 31.0 Å². The molecule has 0 saturated heterocycles. The number of rotatable bonds is 8. The van der Waals surface area contributed by atoms with Gasteiger partial charge in [-0.2, -0.15) is 32.2 Å². The van der Waals surface area contributed by atoms with Gasteiger partial charge in [0.25, 0.3) is 20.2 Å². The third-order valence-corrected chi connectivity index (χ3v) is 8.24. The smallest absolute Gasteiger partial charge is 0.296 e. The summed E-state index contributed by atoms with van der Waals surface area (Å²) in [6, 6.07) is 18.1. The van der Waals surface area contributed by atoms with Crippen LogP contribution < -0.4 is 22.9 Å². The third-order valence-electron chi connectivity index (χ3n) is 6.46. The Morgan fingerprint density at radius 2 is 1.06 bits per heavy atom. The number of aromatic hydroxyl groups is 1. The molecule has 0 atom stereocenters. The fraction of sp³-hybridized carbons (Fsp3) is 0. The van der Waals surface area contributed by atoms with E-state index < -0.39 is 41.5 Å². The number of nitrogens with zero attached hydrogens (tertiary/aromatic N) is 6. The molecule has 5 aromatic carbocycles. The molecular weight excluding hydrogens is 653 g/mol. The van der Waals surface area contributed by atoms with Gasteiger partial charge in [-0.05, 0) is 78.2 Å². The first-order valence-electron chi connectivity index (χ1n) is 13.0. The molecule has 11 N–H and O–H groups in total. The lowest BCUT2D eigenvalue weighted by Gasteiger charge is -2.09. The highest BCUT2D eigenvalue weighted by atomic mass is 32.2. The molecule has 0 heterocycles. The van der Waals surface area contributed by atoms with Gasteiger partial charge < -0.3 is 28.0 Å². The Kier molecular flexibility index (Phi) is 8.54. The van der Waals surface area contributed by atoms with E-state index in [1.54, 1.807) is 30.3 Å². The van der Waals surface area contributed by atoms with Crippen molar-refractivity contribution >= 4 is 87.9 Å². The molecule has 0 aliphatic rings. The number of fused-ring (bicyclic) bond motifs is 1. The van der Waals surface area contributed by atoms with Crippen molar-refractivity contribution in [3.63, 3.8) is 0 Å². The van der Waals surface area contributed by atoms with Crippen molar-refractivity contribution in [1.29, 1.82) is 0 Å². The van der Waals surface area contributed by atoms with Crippen molar-refractivity contribution in [1.82, 2.24) is 0 Å². The summed E-state index contributed by atoms with van der Waals surface area (Å²) in [6.45, 7) is 0. The number of nitrogen functional groups attached to an aromatic ring is 4. The number of hydrogen-bond donors (Lipinski definition) is 7. The lowest BCUT2D eigenvalue weighted by atomic mass is 10.1. The summed E-state index contributed by atoms with van der Waals surface area (Å²) in [5.41, 5.74) is 24.1. The second kappa shape index (κ2) is 12.4. The van der Waals surface area contributed by atoms with E-state index in [9.17, 15) is 31.0 Å². The lowest BCUT2D eigenvalue weighted by Crippen LogP contribution is -2.04. The number of phenols is 1. The molecule has 19 heteroatoms. The van der Waals surface area contributed by atoms with Crippen LogP contribution in [0.4, 0.5) is 56.9 Å². The summed E-state index contributed by atoms with van der Waals surface area (Å²) < 4.78 is 66.9. The minimum absolute atomic E-state index is 0.0367. The van der Waals surface area contributed by atoms with Gasteiger partial charge in [-0.3, -0.25) is 9.11 Å². The standard InChI is InChI=1S/C28H24N10O7S2/c29-15-2-8-23(20(30)10-15)36-33-16-4-6-17(7-5-16)34-38-27-26(47(43,44)45)9-14-1-3-18(11-19(14)28(27)39)35-37-24-13-25(46(40,41)42)22(32)12-21(24)31/h1-13,39H,29-32H2,(H,40,41,42)(H,43,44,45). The second-order valence-corrected chi connectivity index (χ2v) is 12.6. The van der Waals surface area contributed by atoms with E-state index >= 15 is 0 Å². The Balaban J connectivity index is 1.47. The highest BCUT2D eigenvalue weighted by Gasteiger charge is 2.22. The van der Waals surface area contributed by atoms with Gasteiger partial charge in [0.15, 0.2) is 5.75 Å². The minimum atomic E-state index is -4.87. The third kappa shape index (κ3) is 7.28. The minimum Gasteiger partial charge on any atom is -0.505 e. The SMILES string of the molecule is Nc1ccc(N=Nc2ccc(N=Nc3c(S(=O)(=O)O)cc4ccc(N=Nc5cc(S(=O)(=O)O)c(N)cc5N)cc4c3O)cc2)c(N)c1. The lowest BCUT2D eigenvalue weighted by molar-refractivity contribution is 0.472. The molecule has 0 aliphatic carbocycles. The molecule has 17 nitrogen and oxygen atoms in total. The first-order chi connectivity index (χ1) is 22.1. The number of nitrogens with two attached hydrogens (primary N) is 4. The summed E-state index contributed by atoms with van der Waals surface area (Å²) in [4.78, 5) is -1.33. The van der Waals surface area contributed by atoms with Crippen LogP contribution in [0.2, 0.25) is 0 Å². The molecule has 5 aromatic rings. The topological polar surface area (TPSA) is 307 Å². The monoisotopic (exact) mass is 676 g/mol. The number of anilines is 4. The summed E-state index contributed by atoms with van der Waals surface area (Å²) >= 11 is 0. The molecule has 0 aliphatic heterocycles. The van der Waals surface area contributed by atoms with Gasteiger partial charge in [-0.1, -0.05) is 6.07 Å². The molecule has 0 amide bonds. The number of azo groups is 3. The summed E-state index contributed by atoms with van der Waals surface area (Å²) in [6.07, 6.45) is 0. The van der Waals surface area contributed by atoms with Crippen molar-refractivity contribution in [2.24, 2.45) is 30.7 Å². The fourth-order valence-electron chi connectivity index (χ4n) is 4.18. The molecule has 47 heavy (non-hydrogen) atoms. The average molecular weight is 677 g/mol. The second-order valence-electron chi connectivity index (χ2n) is 9.81. The van der Waals surface area contributed by atoms with Crippen LogP contribution >= 0.6 is 0 Å². The predicted octanol–water partition coefficient (Wildman–Crippen LogP) is 6.61. The summed E-state index contributed by atoms with van der Waals surface area (Å²) in [5, 5.41) is 35.3. The van der Waals surface area contributed by atoms with Crippen LogP contribution in [0.3, 0.4) is 0 Å². The molecule has 0 unspecified atom stereocenters. The number of phenolic OH excluding ortho intramolecular Hbond substituents is 1. The Morgan fingerprint density at radius 3 is 1.68 bits per heavy atom. The van der Waals surface area contributed by atoms with Gasteiger partial charge >= 0.3 is 0 Å². The highest BCUT2D eigenvalue weighted by molar-refractivity contribution is 7.86. The maximum absolute atomic E-state index is 12.2. The van der Waals surface area contributed by atoms with Crippen LogP contribution in [0.15, 0.2) is 119 Å². The van der Waals surface area contributed by atoms with E-state index in [0.717, 1.165) is 18.2 Å². The average Bonchev–Trinajstić information content (AvgIpc) is 2.99. The molecule has 0 saturated carbocycles. The number of benzene rings is 5. The van der Waals surface area contributed by atoms with Gasteiger partial charge in [0, 0.05) is 11.1 Å². The molecule has 240 valence electrons. The predicted molar refractivity (Wildman–Crippen MR) is 175 cm³/mol. The van der Waals surface area contributed by atoms with Crippen LogP contribution in [-0.2, 0) is 20.2 Å². The van der Waals surface area contributed by atoms with E-state index in [4.69, 9.17) is 22.9 Å². The molecule has 0 radical (unpaired) electrons. The van der Waals surface area contributed by atoms with Crippen molar-refractivity contribution in [3.05, 3.63) is 78.9 Å². The van der Waals surface area contributed by atoms with Crippen molar-refractivity contribution < 1.29 is 31.0 Å². The summed E-state index contributed by atoms with van der Waals surface area (Å²) in [5.74, 6) is -0.650. The molecule has 0 aromatic heterocycles. The van der Waals surface area contributed by atoms with Crippen molar-refractivity contribution in [2.45, 2.75) is 9.79 Å². The largest absolute Gasteiger partial charge is 0.505 e. The Bertz CT molecular complexity index is 2360. The quantitative estimate of drug-likeness (QED) is 0.0520. The maximum atomic E-state index is 12.2. The van der Waals surface area contributed by atoms with Crippen LogP contribution in [0, 0.1) is 0 Å². The van der Waals surface area contributed by atoms with Gasteiger partial charge in [0.05, 0.1) is 34.1 Å². The molecular formula is C28H24N10O7S2. The van der Waals surface area contributed by atoms with Gasteiger partial charge in [0.2, 0.25) is 0 Å². The highest BCUT2D eigenvalue weighted by Crippen LogP contribution is 2.43. The zero-order valence-corrected chi connectivity index (χ0v) is 25.4. The first-order valence-corrected chi connectivity index (χ1v) is 15.9. The van der Waals surface area contributed by atoms with E-state index in [-0.39, 0.29) is 39.2 Å². The Hall–Kier alpha value is -6.02. The molecule has 0 spiro atoms. The maximum Gasteiger partial charge on any atom is 0.296 e. The van der Waals surface area contributed by atoms with E-state index in [0.29, 0.717) is 22.7 Å². The normalized spacial score (nSPS) is 12.6. The van der Waals surface area contributed by atoms with Crippen LogP contribution in [0.25, 0.3) is 10.8 Å². The van der Waals surface area contributed by atoms with E-state index in [1.807, 2.05) is 0 Å². The molecule has 0 bridgehead atoms. The fourth-order valence-corrected chi connectivity index (χ4v) is 5.45. The zero-order chi connectivity index (χ0) is 34.1. The van der Waals surface area contributed by atoms with Gasteiger partial charge in [-0.15, -0.1) is 15.3 Å². The van der Waals surface area contributed by atoms with Crippen LogP contribution in [0.1, 0.15) is 0 Å². The van der Waals surface area contributed by atoms with Gasteiger partial charge in [-0.25, -0.2) is 0 Å². The first kappa shape index (κ1) is 32.4. The molecule has 5 rings (SSSR count). The Morgan fingerprint density at radius 1 is 0.511 bits per heavy atom. The molecule has 0 fully saturated rings. The van der Waals surface area contributed by atoms with E-state index in [1.165, 1.54) is 30.3 Å². The van der Waals surface area contributed by atoms with Crippen molar-refractivity contribution in [3.8, 4) is 5.75 Å². The van der Waals surface area contributed by atoms with Crippen LogP contribution in [0.5, 0.6) is 5.75 Å². The van der Waals surface area contributed by atoms with E-state index in [2.05, 4.69) is 30.7 Å². The van der Waals surface area contributed by atoms with Crippen molar-refractivity contribution in [2.75, 3.05) is 22.9 Å². The Labute approximate surface area is 266 Å². The zero-order valence-electron chi connectivity index (χ0n) is 23.8. The number of hydrogen-bond acceptors (Lipinski definition) is 15. The van der Waals surface area contributed by atoms with Gasteiger partial charge in [0.1, 0.15) is 26.9 Å². The summed E-state index contributed by atoms with van der Waals surface area (Å²) in [7, 11) is -9.55.